The molecule has 56 heavy (non-hydrogen) atoms. The molecule has 1 aliphatic carbocycles. The maximum Gasteiger partial charge on any atom is 0.164 e. The third-order valence-electron chi connectivity index (χ3n) is 10.8. The van der Waals surface area contributed by atoms with Crippen molar-refractivity contribution in [1.29, 1.82) is 0 Å². The van der Waals surface area contributed by atoms with Gasteiger partial charge in [0.05, 0.1) is 27.8 Å². The van der Waals surface area contributed by atoms with Crippen molar-refractivity contribution in [1.82, 2.24) is 29.1 Å². The smallest absolute Gasteiger partial charge is 0.164 e. The SMILES string of the molecule is C1=CC(n2c3ccccc3c3ccc(-n4c5ccccc5c5c(-c6cc(-c7nc(-c8ccccc8)nc(-c8ccccc8)n7)ccn6)cccc54)cc32)=CCC1. The summed E-state index contributed by atoms with van der Waals surface area (Å²) in [6.45, 7) is 0. The lowest BCUT2D eigenvalue weighted by Gasteiger charge is -2.13. The summed E-state index contributed by atoms with van der Waals surface area (Å²) in [5.41, 5.74) is 11.7. The van der Waals surface area contributed by atoms with E-state index >= 15 is 0 Å². The predicted molar refractivity (Wildman–Crippen MR) is 229 cm³/mol. The average Bonchev–Trinajstić information content (AvgIpc) is 3.80. The van der Waals surface area contributed by atoms with Crippen molar-refractivity contribution in [2.75, 3.05) is 0 Å². The van der Waals surface area contributed by atoms with E-state index in [-0.39, 0.29) is 0 Å². The van der Waals surface area contributed by atoms with Crippen molar-refractivity contribution in [3.05, 3.63) is 182 Å². The van der Waals surface area contributed by atoms with Crippen LogP contribution in [0.15, 0.2) is 182 Å². The number of aromatic nitrogens is 6. The first-order valence-corrected chi connectivity index (χ1v) is 19.0. The summed E-state index contributed by atoms with van der Waals surface area (Å²) in [5.74, 6) is 1.86. The van der Waals surface area contributed by atoms with E-state index in [1.807, 2.05) is 72.9 Å². The summed E-state index contributed by atoms with van der Waals surface area (Å²) in [6, 6.07) is 55.1. The summed E-state index contributed by atoms with van der Waals surface area (Å²) < 4.78 is 4.82. The van der Waals surface area contributed by atoms with E-state index in [1.165, 1.54) is 32.9 Å². The van der Waals surface area contributed by atoms with Crippen LogP contribution in [0.25, 0.3) is 100 Å². The molecular formula is C50H34N6. The Bertz CT molecular complexity index is 3130. The van der Waals surface area contributed by atoms with Crippen LogP contribution in [0.2, 0.25) is 0 Å². The highest BCUT2D eigenvalue weighted by Gasteiger charge is 2.20. The fourth-order valence-corrected chi connectivity index (χ4v) is 8.31. The van der Waals surface area contributed by atoms with Gasteiger partial charge < -0.3 is 9.13 Å². The van der Waals surface area contributed by atoms with Gasteiger partial charge in [0.15, 0.2) is 17.5 Å². The molecule has 4 heterocycles. The summed E-state index contributed by atoms with van der Waals surface area (Å²) in [4.78, 5) is 19.9. The molecule has 0 amide bonds. The molecule has 0 N–H and O–H groups in total. The van der Waals surface area contributed by atoms with Crippen molar-refractivity contribution < 1.29 is 0 Å². The van der Waals surface area contributed by atoms with Crippen LogP contribution in [0.5, 0.6) is 0 Å². The van der Waals surface area contributed by atoms with Gasteiger partial charge in [-0.25, -0.2) is 15.0 Å². The predicted octanol–water partition coefficient (Wildman–Crippen LogP) is 12.3. The molecule has 0 bridgehead atoms. The fraction of sp³-hybridized carbons (Fsp3) is 0.0400. The van der Waals surface area contributed by atoms with Gasteiger partial charge in [0.25, 0.3) is 0 Å². The number of allylic oxidation sites excluding steroid dienone is 4. The highest BCUT2D eigenvalue weighted by atomic mass is 15.0. The van der Waals surface area contributed by atoms with Crippen molar-refractivity contribution in [3.63, 3.8) is 0 Å². The summed E-state index contributed by atoms with van der Waals surface area (Å²) in [6.07, 6.45) is 10.9. The third kappa shape index (κ3) is 5.26. The molecular weight excluding hydrogens is 685 g/mol. The number of pyridine rings is 1. The second kappa shape index (κ2) is 13.1. The summed E-state index contributed by atoms with van der Waals surface area (Å²) in [5, 5.41) is 4.82. The number of hydrogen-bond acceptors (Lipinski definition) is 4. The van der Waals surface area contributed by atoms with Gasteiger partial charge in [0, 0.05) is 61.4 Å². The van der Waals surface area contributed by atoms with Gasteiger partial charge in [-0.15, -0.1) is 0 Å². The van der Waals surface area contributed by atoms with E-state index in [1.54, 1.807) is 0 Å². The quantitative estimate of drug-likeness (QED) is 0.172. The monoisotopic (exact) mass is 718 g/mol. The highest BCUT2D eigenvalue weighted by molar-refractivity contribution is 6.16. The molecule has 0 radical (unpaired) electrons. The van der Waals surface area contributed by atoms with Gasteiger partial charge in [0.1, 0.15) is 0 Å². The Morgan fingerprint density at radius 2 is 1.07 bits per heavy atom. The van der Waals surface area contributed by atoms with Gasteiger partial charge in [-0.1, -0.05) is 127 Å². The third-order valence-corrected chi connectivity index (χ3v) is 10.8. The van der Waals surface area contributed by atoms with Crippen LogP contribution in [-0.4, -0.2) is 29.1 Å². The van der Waals surface area contributed by atoms with E-state index in [0.29, 0.717) is 17.5 Å². The molecule has 0 aliphatic heterocycles. The van der Waals surface area contributed by atoms with Crippen LogP contribution in [-0.2, 0) is 0 Å². The number of para-hydroxylation sites is 2. The molecule has 1 aliphatic rings. The van der Waals surface area contributed by atoms with E-state index < -0.39 is 0 Å². The molecule has 0 saturated carbocycles. The summed E-state index contributed by atoms with van der Waals surface area (Å²) >= 11 is 0. The normalized spacial score (nSPS) is 12.9. The van der Waals surface area contributed by atoms with E-state index in [2.05, 4.69) is 118 Å². The largest absolute Gasteiger partial charge is 0.310 e. The van der Waals surface area contributed by atoms with Crippen molar-refractivity contribution in [2.45, 2.75) is 12.8 Å². The Kier molecular flexibility index (Phi) is 7.52. The Morgan fingerprint density at radius 3 is 1.79 bits per heavy atom. The maximum absolute atomic E-state index is 5.01. The topological polar surface area (TPSA) is 61.4 Å². The highest BCUT2D eigenvalue weighted by Crippen LogP contribution is 2.40. The lowest BCUT2D eigenvalue weighted by molar-refractivity contribution is 1.02. The lowest BCUT2D eigenvalue weighted by Crippen LogP contribution is -2.00. The van der Waals surface area contributed by atoms with Crippen LogP contribution in [0, 0.1) is 0 Å². The molecule has 0 unspecified atom stereocenters. The molecule has 11 rings (SSSR count). The average molecular weight is 719 g/mol. The molecule has 6 nitrogen and oxygen atoms in total. The van der Waals surface area contributed by atoms with Crippen molar-refractivity contribution in [3.8, 4) is 51.1 Å². The Labute approximate surface area is 323 Å². The van der Waals surface area contributed by atoms with E-state index in [9.17, 15) is 0 Å². The second-order valence-corrected chi connectivity index (χ2v) is 14.2. The van der Waals surface area contributed by atoms with Gasteiger partial charge in [0.2, 0.25) is 0 Å². The van der Waals surface area contributed by atoms with Crippen LogP contribution >= 0.6 is 0 Å². The van der Waals surface area contributed by atoms with Crippen LogP contribution in [0.1, 0.15) is 12.8 Å². The standard InChI is InChI=1S/C50H34N6/c1-4-15-33(16-5-1)48-52-49(34-17-6-2-7-18-34)54-50(53-48)35-29-30-51-42(31-35)40-23-14-26-45-47(40)41-22-11-13-25-44(41)56(45)37-27-28-39-38-21-10-12-24-43(38)55(46(39)32-37)36-19-8-3-9-20-36/h1-2,4-8,10-32H,3,9H2. The lowest BCUT2D eigenvalue weighted by atomic mass is 10.0. The first-order valence-electron chi connectivity index (χ1n) is 19.0. The van der Waals surface area contributed by atoms with Crippen molar-refractivity contribution >= 4 is 49.3 Å². The molecule has 0 fully saturated rings. The summed E-state index contributed by atoms with van der Waals surface area (Å²) in [7, 11) is 0. The van der Waals surface area contributed by atoms with Crippen LogP contribution in [0.4, 0.5) is 0 Å². The molecule has 4 aromatic heterocycles. The van der Waals surface area contributed by atoms with Gasteiger partial charge in [-0.2, -0.15) is 0 Å². The second-order valence-electron chi connectivity index (χ2n) is 14.2. The number of fused-ring (bicyclic) bond motifs is 6. The first kappa shape index (κ1) is 32.0. The molecule has 0 atom stereocenters. The molecule has 0 spiro atoms. The molecule has 6 aromatic carbocycles. The van der Waals surface area contributed by atoms with Crippen LogP contribution < -0.4 is 0 Å². The van der Waals surface area contributed by atoms with E-state index in [0.717, 1.165) is 62.9 Å². The first-order chi connectivity index (χ1) is 27.8. The van der Waals surface area contributed by atoms with E-state index in [4.69, 9.17) is 19.9 Å². The number of hydrogen-bond donors (Lipinski definition) is 0. The minimum Gasteiger partial charge on any atom is -0.310 e. The molecule has 10 aromatic rings. The van der Waals surface area contributed by atoms with Crippen molar-refractivity contribution in [2.24, 2.45) is 0 Å². The minimum atomic E-state index is 0.600. The van der Waals surface area contributed by atoms with Gasteiger partial charge >= 0.3 is 0 Å². The molecule has 0 saturated heterocycles. The fourth-order valence-electron chi connectivity index (χ4n) is 8.31. The number of nitrogens with zero attached hydrogens (tertiary/aromatic N) is 6. The van der Waals surface area contributed by atoms with Gasteiger partial charge in [-0.3, -0.25) is 4.98 Å². The zero-order valence-electron chi connectivity index (χ0n) is 30.4. The Morgan fingerprint density at radius 1 is 0.446 bits per heavy atom. The zero-order chi connectivity index (χ0) is 37.0. The van der Waals surface area contributed by atoms with Gasteiger partial charge in [-0.05, 0) is 61.4 Å². The maximum atomic E-state index is 5.01. The molecule has 264 valence electrons. The molecule has 6 heteroatoms. The number of rotatable bonds is 6. The minimum absolute atomic E-state index is 0.600. The van der Waals surface area contributed by atoms with Crippen LogP contribution in [0.3, 0.4) is 0 Å². The Balaban J connectivity index is 1.09. The Hall–Kier alpha value is -7.44. The zero-order valence-corrected chi connectivity index (χ0v) is 30.4. The number of benzene rings is 6.